The summed E-state index contributed by atoms with van der Waals surface area (Å²) in [6.45, 7) is 3.66. The number of hydrogen-bond donors (Lipinski definition) is 0. The van der Waals surface area contributed by atoms with Crippen molar-refractivity contribution in [2.75, 3.05) is 26.3 Å². The zero-order valence-corrected chi connectivity index (χ0v) is 15.2. The highest BCUT2D eigenvalue weighted by molar-refractivity contribution is 6.30. The molecule has 5 nitrogen and oxygen atoms in total. The van der Waals surface area contributed by atoms with Crippen LogP contribution in [-0.4, -0.2) is 48.1 Å². The van der Waals surface area contributed by atoms with Gasteiger partial charge in [-0.1, -0.05) is 35.9 Å². The quantitative estimate of drug-likeness (QED) is 0.763. The van der Waals surface area contributed by atoms with Gasteiger partial charge in [-0.25, -0.2) is 10.0 Å². The van der Waals surface area contributed by atoms with Crippen LogP contribution in [0, 0.1) is 6.92 Å². The summed E-state index contributed by atoms with van der Waals surface area (Å²) in [4.78, 5) is 25.9. The molecule has 0 N–H and O–H groups in total. The van der Waals surface area contributed by atoms with Crippen LogP contribution in [0.1, 0.15) is 17.0 Å². The van der Waals surface area contributed by atoms with Gasteiger partial charge in [-0.15, -0.1) is 0 Å². The van der Waals surface area contributed by atoms with Gasteiger partial charge in [-0.05, 0) is 47.4 Å². The van der Waals surface area contributed by atoms with E-state index in [9.17, 15) is 9.59 Å². The monoisotopic (exact) mass is 370 g/mol. The van der Waals surface area contributed by atoms with Crippen LogP contribution in [0.3, 0.4) is 0 Å². The number of aryl methyl sites for hydroxylation is 1. The molecule has 0 spiro atoms. The van der Waals surface area contributed by atoms with Crippen LogP contribution in [0.25, 0.3) is 11.1 Å². The van der Waals surface area contributed by atoms with E-state index in [0.717, 1.165) is 22.3 Å². The van der Waals surface area contributed by atoms with E-state index in [1.165, 1.54) is 10.0 Å². The molecule has 0 radical (unpaired) electrons. The average molecular weight is 371 g/mol. The third-order valence-electron chi connectivity index (χ3n) is 4.96. The molecule has 0 bridgehead atoms. The highest BCUT2D eigenvalue weighted by atomic mass is 35.5. The van der Waals surface area contributed by atoms with Crippen LogP contribution in [0.4, 0.5) is 0 Å². The Bertz CT molecular complexity index is 842. The Morgan fingerprint density at radius 1 is 0.923 bits per heavy atom. The van der Waals surface area contributed by atoms with Gasteiger partial charge in [0.25, 0.3) is 11.8 Å². The van der Waals surface area contributed by atoms with E-state index in [-0.39, 0.29) is 11.8 Å². The van der Waals surface area contributed by atoms with Gasteiger partial charge in [0.15, 0.2) is 0 Å². The number of carbonyl (C=O) groups excluding carboxylic acids is 2. The predicted octanol–water partition coefficient (Wildman–Crippen LogP) is 3.02. The molecular formula is C20H19ClN2O3. The Labute approximate surface area is 157 Å². The number of fused-ring (bicyclic) bond motifs is 1. The number of amides is 2. The topological polar surface area (TPSA) is 49.9 Å². The number of nitrogens with zero attached hydrogens (tertiary/aromatic N) is 2. The average Bonchev–Trinajstić information content (AvgIpc) is 2.82. The molecule has 2 aliphatic heterocycles. The number of rotatable bonds is 2. The van der Waals surface area contributed by atoms with Crippen LogP contribution in [0.15, 0.2) is 42.5 Å². The molecule has 0 aromatic heterocycles. The highest BCUT2D eigenvalue weighted by Crippen LogP contribution is 2.34. The molecule has 4 rings (SSSR count). The zero-order chi connectivity index (χ0) is 18.3. The smallest absolute Gasteiger partial charge is 0.258 e. The van der Waals surface area contributed by atoms with Crippen LogP contribution in [0.5, 0.6) is 0 Å². The fourth-order valence-corrected chi connectivity index (χ4v) is 3.67. The van der Waals surface area contributed by atoms with E-state index < -0.39 is 5.92 Å². The van der Waals surface area contributed by atoms with Gasteiger partial charge < -0.3 is 4.74 Å². The van der Waals surface area contributed by atoms with E-state index in [2.05, 4.69) is 0 Å². The number of hydrazine groups is 1. The molecule has 2 aromatic rings. The third-order valence-corrected chi connectivity index (χ3v) is 5.21. The van der Waals surface area contributed by atoms with Crippen LogP contribution in [0.2, 0.25) is 5.02 Å². The summed E-state index contributed by atoms with van der Waals surface area (Å²) in [6.07, 6.45) is 0. The molecule has 2 saturated heterocycles. The number of halogens is 1. The van der Waals surface area contributed by atoms with E-state index in [1.54, 1.807) is 0 Å². The molecule has 2 aromatic carbocycles. The first-order valence-electron chi connectivity index (χ1n) is 8.63. The van der Waals surface area contributed by atoms with Crippen LogP contribution < -0.4 is 0 Å². The summed E-state index contributed by atoms with van der Waals surface area (Å²) < 4.78 is 5.38. The molecule has 2 heterocycles. The number of ether oxygens (including phenoxy) is 1. The maximum absolute atomic E-state index is 12.9. The maximum atomic E-state index is 12.9. The van der Waals surface area contributed by atoms with Gasteiger partial charge in [-0.2, -0.15) is 0 Å². The second-order valence-electron chi connectivity index (χ2n) is 6.55. The maximum Gasteiger partial charge on any atom is 0.258 e. The zero-order valence-electron chi connectivity index (χ0n) is 14.4. The van der Waals surface area contributed by atoms with Gasteiger partial charge in [0, 0.05) is 5.02 Å². The molecule has 6 heteroatoms. The molecule has 26 heavy (non-hydrogen) atoms. The predicted molar refractivity (Wildman–Crippen MR) is 98.6 cm³/mol. The molecule has 2 aliphatic rings. The van der Waals surface area contributed by atoms with Gasteiger partial charge >= 0.3 is 0 Å². The van der Waals surface area contributed by atoms with Crippen molar-refractivity contribution >= 4 is 23.4 Å². The van der Waals surface area contributed by atoms with E-state index in [4.69, 9.17) is 16.3 Å². The minimum Gasteiger partial charge on any atom is -0.378 e. The molecule has 2 amide bonds. The van der Waals surface area contributed by atoms with Crippen molar-refractivity contribution in [3.05, 3.63) is 58.6 Å². The lowest BCUT2D eigenvalue weighted by Crippen LogP contribution is -2.41. The number of carbonyl (C=O) groups is 2. The van der Waals surface area contributed by atoms with Crippen molar-refractivity contribution in [2.24, 2.45) is 0 Å². The Morgan fingerprint density at radius 2 is 1.50 bits per heavy atom. The van der Waals surface area contributed by atoms with E-state index in [0.29, 0.717) is 31.3 Å². The van der Waals surface area contributed by atoms with Crippen molar-refractivity contribution in [3.63, 3.8) is 0 Å². The molecule has 0 aliphatic carbocycles. The lowest BCUT2D eigenvalue weighted by molar-refractivity contribution is -0.145. The lowest BCUT2D eigenvalue weighted by Gasteiger charge is -2.23. The summed E-state index contributed by atoms with van der Waals surface area (Å²) in [6, 6.07) is 13.4. The molecule has 0 unspecified atom stereocenters. The Hall–Kier alpha value is -2.37. The minimum absolute atomic E-state index is 0.170. The molecular weight excluding hydrogens is 352 g/mol. The lowest BCUT2D eigenvalue weighted by atomic mass is 9.90. The van der Waals surface area contributed by atoms with E-state index >= 15 is 0 Å². The first-order valence-corrected chi connectivity index (χ1v) is 9.01. The largest absolute Gasteiger partial charge is 0.378 e. The fourth-order valence-electron chi connectivity index (χ4n) is 3.55. The van der Waals surface area contributed by atoms with Crippen molar-refractivity contribution in [1.82, 2.24) is 10.0 Å². The molecule has 0 atom stereocenters. The summed E-state index contributed by atoms with van der Waals surface area (Å²) in [5.74, 6) is -1.12. The standard InChI is InChI=1S/C20H19ClN2O3/c1-13-2-3-15(14-4-6-16(21)7-5-14)12-17(13)18-19(24)22-8-10-26-11-9-23(22)20(18)25/h2-7,12,18H,8-11H2,1H3. The number of hydrogen-bond acceptors (Lipinski definition) is 3. The Morgan fingerprint density at radius 3 is 2.12 bits per heavy atom. The Balaban J connectivity index is 1.73. The van der Waals surface area contributed by atoms with Crippen molar-refractivity contribution in [3.8, 4) is 11.1 Å². The Kier molecular flexibility index (Phi) is 4.42. The van der Waals surface area contributed by atoms with Crippen molar-refractivity contribution < 1.29 is 14.3 Å². The fraction of sp³-hybridized carbons (Fsp3) is 0.300. The first-order chi connectivity index (χ1) is 12.6. The second-order valence-corrected chi connectivity index (χ2v) is 6.98. The summed E-state index contributed by atoms with van der Waals surface area (Å²) in [5.41, 5.74) is 3.66. The first kappa shape index (κ1) is 17.1. The molecule has 134 valence electrons. The normalized spacial score (nSPS) is 18.2. The summed E-state index contributed by atoms with van der Waals surface area (Å²) in [5, 5.41) is 3.74. The molecule has 2 fully saturated rings. The summed E-state index contributed by atoms with van der Waals surface area (Å²) >= 11 is 5.97. The van der Waals surface area contributed by atoms with Gasteiger partial charge in [0.2, 0.25) is 0 Å². The molecule has 0 saturated carbocycles. The van der Waals surface area contributed by atoms with Gasteiger partial charge in [0.1, 0.15) is 5.92 Å². The van der Waals surface area contributed by atoms with Crippen molar-refractivity contribution in [1.29, 1.82) is 0 Å². The summed E-state index contributed by atoms with van der Waals surface area (Å²) in [7, 11) is 0. The van der Waals surface area contributed by atoms with E-state index in [1.807, 2.05) is 49.4 Å². The van der Waals surface area contributed by atoms with Crippen molar-refractivity contribution in [2.45, 2.75) is 12.8 Å². The number of benzene rings is 2. The minimum atomic E-state index is -0.777. The second kappa shape index (κ2) is 6.74. The highest BCUT2D eigenvalue weighted by Gasteiger charge is 2.47. The third kappa shape index (κ3) is 2.87. The van der Waals surface area contributed by atoms with Crippen LogP contribution in [-0.2, 0) is 14.3 Å². The van der Waals surface area contributed by atoms with Gasteiger partial charge in [-0.3, -0.25) is 9.59 Å². The SMILES string of the molecule is Cc1ccc(-c2ccc(Cl)cc2)cc1C1C(=O)N2CCOCCN2C1=O. The van der Waals surface area contributed by atoms with Gasteiger partial charge in [0.05, 0.1) is 26.3 Å². The van der Waals surface area contributed by atoms with Crippen LogP contribution >= 0.6 is 11.6 Å².